The van der Waals surface area contributed by atoms with Gasteiger partial charge in [-0.05, 0) is 40.5 Å². The molecular weight excluding hydrogens is 204 g/mol. The van der Waals surface area contributed by atoms with Crippen LogP contribution in [0, 0.1) is 5.92 Å². The van der Waals surface area contributed by atoms with Crippen molar-refractivity contribution in [1.29, 1.82) is 0 Å². The summed E-state index contributed by atoms with van der Waals surface area (Å²) in [5.74, 6) is 0.118. The molecule has 1 aliphatic rings. The van der Waals surface area contributed by atoms with Crippen molar-refractivity contribution in [3.05, 3.63) is 0 Å². The van der Waals surface area contributed by atoms with Gasteiger partial charge in [-0.15, -0.1) is 0 Å². The van der Waals surface area contributed by atoms with E-state index >= 15 is 0 Å². The van der Waals surface area contributed by atoms with Crippen LogP contribution < -0.4 is 0 Å². The third-order valence-electron chi connectivity index (χ3n) is 3.39. The first-order valence-corrected chi connectivity index (χ1v) is 6.00. The summed E-state index contributed by atoms with van der Waals surface area (Å²) in [5, 5.41) is 0. The van der Waals surface area contributed by atoms with E-state index in [2.05, 4.69) is 0 Å². The van der Waals surface area contributed by atoms with Gasteiger partial charge in [0, 0.05) is 7.11 Å². The second-order valence-corrected chi connectivity index (χ2v) is 5.76. The molecule has 3 nitrogen and oxygen atoms in total. The lowest BCUT2D eigenvalue weighted by atomic mass is 9.82. The second-order valence-electron chi connectivity index (χ2n) is 5.76. The largest absolute Gasteiger partial charge is 0.374 e. The molecule has 1 heterocycles. The number of rotatable bonds is 4. The van der Waals surface area contributed by atoms with E-state index in [0.29, 0.717) is 0 Å². The Balaban J connectivity index is 2.84. The number of ether oxygens (including phenoxy) is 2. The fraction of sp³-hybridized carbons (Fsp3) is 0.923. The standard InChI is InChI=1S/C13H24O3/c1-7-10(15-6)11(14)9-8-12(2,3)16-13(9,4)5/h9-10H,7-8H2,1-6H3. The van der Waals surface area contributed by atoms with Gasteiger partial charge in [0.25, 0.3) is 0 Å². The number of methoxy groups -OCH3 is 1. The summed E-state index contributed by atoms with van der Waals surface area (Å²) >= 11 is 0. The third-order valence-corrected chi connectivity index (χ3v) is 3.39. The van der Waals surface area contributed by atoms with E-state index in [9.17, 15) is 4.79 Å². The van der Waals surface area contributed by atoms with Crippen molar-refractivity contribution in [2.24, 2.45) is 5.92 Å². The minimum Gasteiger partial charge on any atom is -0.374 e. The molecule has 2 unspecified atom stereocenters. The number of carbonyl (C=O) groups excluding carboxylic acids is 1. The number of Topliss-reactive ketones (excluding diaryl/α,β-unsaturated/α-hetero) is 1. The molecule has 2 atom stereocenters. The lowest BCUT2D eigenvalue weighted by Gasteiger charge is -2.28. The highest BCUT2D eigenvalue weighted by Crippen LogP contribution is 2.43. The molecule has 0 aromatic rings. The Bertz CT molecular complexity index is 264. The SMILES string of the molecule is CCC(OC)C(=O)C1CC(C)(C)OC1(C)C. The van der Waals surface area contributed by atoms with Crippen molar-refractivity contribution in [2.75, 3.05) is 7.11 Å². The Morgan fingerprint density at radius 2 is 2.00 bits per heavy atom. The van der Waals surface area contributed by atoms with Gasteiger partial charge >= 0.3 is 0 Å². The molecule has 0 aromatic carbocycles. The Hall–Kier alpha value is -0.410. The van der Waals surface area contributed by atoms with Crippen LogP contribution >= 0.6 is 0 Å². The number of ketones is 1. The van der Waals surface area contributed by atoms with Crippen LogP contribution in [-0.2, 0) is 14.3 Å². The fourth-order valence-electron chi connectivity index (χ4n) is 2.71. The van der Waals surface area contributed by atoms with Gasteiger partial charge in [-0.2, -0.15) is 0 Å². The van der Waals surface area contributed by atoms with Crippen LogP contribution in [0.4, 0.5) is 0 Å². The van der Waals surface area contributed by atoms with Gasteiger partial charge in [-0.3, -0.25) is 4.79 Å². The van der Waals surface area contributed by atoms with Gasteiger partial charge in [0.2, 0.25) is 0 Å². The second kappa shape index (κ2) is 4.46. The van der Waals surface area contributed by atoms with E-state index in [1.54, 1.807) is 7.11 Å². The predicted octanol–water partition coefficient (Wildman–Crippen LogP) is 2.57. The molecule has 0 aromatic heterocycles. The van der Waals surface area contributed by atoms with Crippen molar-refractivity contribution in [3.63, 3.8) is 0 Å². The molecule has 94 valence electrons. The zero-order chi connectivity index (χ0) is 12.6. The number of hydrogen-bond acceptors (Lipinski definition) is 3. The average molecular weight is 228 g/mol. The van der Waals surface area contributed by atoms with E-state index in [0.717, 1.165) is 12.8 Å². The average Bonchev–Trinajstić information content (AvgIpc) is 2.36. The number of hydrogen-bond donors (Lipinski definition) is 0. The van der Waals surface area contributed by atoms with E-state index < -0.39 is 0 Å². The fourth-order valence-corrected chi connectivity index (χ4v) is 2.71. The summed E-state index contributed by atoms with van der Waals surface area (Å²) < 4.78 is 11.2. The molecule has 16 heavy (non-hydrogen) atoms. The van der Waals surface area contributed by atoms with Gasteiger partial charge in [-0.25, -0.2) is 0 Å². The van der Waals surface area contributed by atoms with Gasteiger partial charge in [0.15, 0.2) is 5.78 Å². The smallest absolute Gasteiger partial charge is 0.167 e. The van der Waals surface area contributed by atoms with Crippen molar-refractivity contribution in [3.8, 4) is 0 Å². The summed E-state index contributed by atoms with van der Waals surface area (Å²) in [6.45, 7) is 10.0. The van der Waals surface area contributed by atoms with E-state index in [1.165, 1.54) is 0 Å². The first-order valence-electron chi connectivity index (χ1n) is 6.00. The Labute approximate surface area is 98.5 Å². The molecule has 0 saturated carbocycles. The van der Waals surface area contributed by atoms with Crippen LogP contribution in [0.25, 0.3) is 0 Å². The maximum absolute atomic E-state index is 12.3. The highest BCUT2D eigenvalue weighted by Gasteiger charge is 2.50. The third kappa shape index (κ3) is 2.64. The molecular formula is C13H24O3. The van der Waals surface area contributed by atoms with Gasteiger partial charge in [-0.1, -0.05) is 6.92 Å². The first-order chi connectivity index (χ1) is 7.23. The van der Waals surface area contributed by atoms with Crippen LogP contribution in [0.2, 0.25) is 0 Å². The molecule has 0 spiro atoms. The summed E-state index contributed by atoms with van der Waals surface area (Å²) in [6.07, 6.45) is 1.21. The van der Waals surface area contributed by atoms with Gasteiger partial charge < -0.3 is 9.47 Å². The van der Waals surface area contributed by atoms with Crippen LogP contribution in [-0.4, -0.2) is 30.2 Å². The van der Waals surface area contributed by atoms with Crippen molar-refractivity contribution in [1.82, 2.24) is 0 Å². The monoisotopic (exact) mass is 228 g/mol. The molecule has 1 rings (SSSR count). The Morgan fingerprint density at radius 3 is 2.31 bits per heavy atom. The molecule has 0 aliphatic carbocycles. The maximum atomic E-state index is 12.3. The van der Waals surface area contributed by atoms with Crippen LogP contribution in [0.15, 0.2) is 0 Å². The molecule has 3 heteroatoms. The maximum Gasteiger partial charge on any atom is 0.167 e. The highest BCUT2D eigenvalue weighted by molar-refractivity contribution is 5.86. The van der Waals surface area contributed by atoms with Crippen LogP contribution in [0.1, 0.15) is 47.5 Å². The van der Waals surface area contributed by atoms with Crippen molar-refractivity contribution in [2.45, 2.75) is 64.8 Å². The molecule has 1 saturated heterocycles. The summed E-state index contributed by atoms with van der Waals surface area (Å²) in [6, 6.07) is 0. The first kappa shape index (κ1) is 13.7. The van der Waals surface area contributed by atoms with E-state index in [1.807, 2.05) is 34.6 Å². The zero-order valence-electron chi connectivity index (χ0n) is 11.3. The molecule has 0 N–H and O–H groups in total. The van der Waals surface area contributed by atoms with Crippen molar-refractivity contribution >= 4 is 5.78 Å². The normalized spacial score (nSPS) is 29.0. The van der Waals surface area contributed by atoms with Crippen molar-refractivity contribution < 1.29 is 14.3 Å². The van der Waals surface area contributed by atoms with Crippen LogP contribution in [0.5, 0.6) is 0 Å². The topological polar surface area (TPSA) is 35.5 Å². The summed E-state index contributed by atoms with van der Waals surface area (Å²) in [4.78, 5) is 12.3. The Kier molecular flexibility index (Phi) is 3.80. The minimum atomic E-state index is -0.382. The molecule has 0 radical (unpaired) electrons. The lowest BCUT2D eigenvalue weighted by molar-refractivity contribution is -0.139. The predicted molar refractivity (Wildman–Crippen MR) is 63.4 cm³/mol. The number of carbonyl (C=O) groups is 1. The minimum absolute atomic E-state index is 0.0626. The highest BCUT2D eigenvalue weighted by atomic mass is 16.5. The quantitative estimate of drug-likeness (QED) is 0.742. The van der Waals surface area contributed by atoms with E-state index in [4.69, 9.17) is 9.47 Å². The summed E-state index contributed by atoms with van der Waals surface area (Å²) in [5.41, 5.74) is -0.595. The van der Waals surface area contributed by atoms with Gasteiger partial charge in [0.1, 0.15) is 6.10 Å². The van der Waals surface area contributed by atoms with Crippen LogP contribution in [0.3, 0.4) is 0 Å². The molecule has 1 fully saturated rings. The van der Waals surface area contributed by atoms with Gasteiger partial charge in [0.05, 0.1) is 17.1 Å². The molecule has 0 amide bonds. The summed E-state index contributed by atoms with van der Waals surface area (Å²) in [7, 11) is 1.60. The van der Waals surface area contributed by atoms with E-state index in [-0.39, 0.29) is 29.0 Å². The Morgan fingerprint density at radius 1 is 1.44 bits per heavy atom. The molecule has 1 aliphatic heterocycles. The lowest BCUT2D eigenvalue weighted by Crippen LogP contribution is -2.39. The zero-order valence-corrected chi connectivity index (χ0v) is 11.3. The molecule has 0 bridgehead atoms.